The molecule has 0 radical (unpaired) electrons. The average Bonchev–Trinajstić information content (AvgIpc) is 3.08. The van der Waals surface area contributed by atoms with Crippen LogP contribution in [0, 0.1) is 13.8 Å². The number of carbonyl (C=O) groups is 1. The van der Waals surface area contributed by atoms with Crippen molar-refractivity contribution in [1.29, 1.82) is 0 Å². The third-order valence-corrected chi connectivity index (χ3v) is 4.53. The highest BCUT2D eigenvalue weighted by atomic mass is 32.1. The maximum atomic E-state index is 12.1. The number of hydrogen-bond acceptors (Lipinski definition) is 5. The molecule has 0 saturated carbocycles. The fraction of sp³-hybridized carbons (Fsp3) is 0.500. The van der Waals surface area contributed by atoms with Gasteiger partial charge < -0.3 is 14.7 Å². The van der Waals surface area contributed by atoms with Gasteiger partial charge in [0.15, 0.2) is 0 Å². The molecule has 1 amide bonds. The van der Waals surface area contributed by atoms with Gasteiger partial charge in [-0.05, 0) is 56.8 Å². The molecule has 0 aliphatic heterocycles. The van der Waals surface area contributed by atoms with E-state index in [0.29, 0.717) is 19.4 Å². The van der Waals surface area contributed by atoms with Crippen molar-refractivity contribution in [1.82, 2.24) is 15.4 Å². The van der Waals surface area contributed by atoms with Crippen LogP contribution >= 0.6 is 11.3 Å². The first-order valence-electron chi connectivity index (χ1n) is 7.36. The molecule has 0 aliphatic rings. The second-order valence-corrected chi connectivity index (χ2v) is 6.42. The molecule has 5 nitrogen and oxygen atoms in total. The summed E-state index contributed by atoms with van der Waals surface area (Å²) in [5.41, 5.74) is 3.15. The standard InChI is InChI=1S/C16H23N3O2S/c1-11-14(12(2)21-18-11)5-6-16(20)17-9-15(19(3)4)13-7-8-22-10-13/h7-8,10,15H,5-6,9H2,1-4H3,(H,17,20). The van der Waals surface area contributed by atoms with Crippen LogP contribution < -0.4 is 5.32 Å². The number of hydrogen-bond donors (Lipinski definition) is 1. The van der Waals surface area contributed by atoms with Crippen LogP contribution in [-0.4, -0.2) is 36.6 Å². The maximum Gasteiger partial charge on any atom is 0.220 e. The molecule has 1 N–H and O–H groups in total. The van der Waals surface area contributed by atoms with Gasteiger partial charge in [0, 0.05) is 18.5 Å². The minimum absolute atomic E-state index is 0.0575. The molecular weight excluding hydrogens is 298 g/mol. The van der Waals surface area contributed by atoms with E-state index in [0.717, 1.165) is 17.0 Å². The largest absolute Gasteiger partial charge is 0.361 e. The highest BCUT2D eigenvalue weighted by Crippen LogP contribution is 2.20. The summed E-state index contributed by atoms with van der Waals surface area (Å²) in [6.45, 7) is 4.40. The number of amides is 1. The summed E-state index contributed by atoms with van der Waals surface area (Å²) >= 11 is 1.67. The summed E-state index contributed by atoms with van der Waals surface area (Å²) < 4.78 is 5.12. The molecule has 22 heavy (non-hydrogen) atoms. The van der Waals surface area contributed by atoms with Gasteiger partial charge in [0.05, 0.1) is 11.7 Å². The van der Waals surface area contributed by atoms with Crippen molar-refractivity contribution in [2.24, 2.45) is 0 Å². The lowest BCUT2D eigenvalue weighted by molar-refractivity contribution is -0.121. The van der Waals surface area contributed by atoms with Crippen molar-refractivity contribution < 1.29 is 9.32 Å². The van der Waals surface area contributed by atoms with Gasteiger partial charge in [0.1, 0.15) is 5.76 Å². The number of rotatable bonds is 7. The molecule has 2 aromatic heterocycles. The Morgan fingerprint density at radius 1 is 1.45 bits per heavy atom. The number of aromatic nitrogens is 1. The summed E-state index contributed by atoms with van der Waals surface area (Å²) in [6, 6.07) is 2.31. The van der Waals surface area contributed by atoms with E-state index in [1.54, 1.807) is 11.3 Å². The van der Waals surface area contributed by atoms with E-state index in [-0.39, 0.29) is 11.9 Å². The average molecular weight is 321 g/mol. The molecular formula is C16H23N3O2S. The lowest BCUT2D eigenvalue weighted by Crippen LogP contribution is -2.34. The second-order valence-electron chi connectivity index (χ2n) is 5.64. The minimum Gasteiger partial charge on any atom is -0.361 e. The molecule has 2 aromatic rings. The summed E-state index contributed by atoms with van der Waals surface area (Å²) in [5.74, 6) is 0.858. The molecule has 2 heterocycles. The van der Waals surface area contributed by atoms with Crippen LogP contribution in [0.25, 0.3) is 0 Å². The molecule has 2 rings (SSSR count). The smallest absolute Gasteiger partial charge is 0.220 e. The van der Waals surface area contributed by atoms with Gasteiger partial charge in [0.25, 0.3) is 0 Å². The monoisotopic (exact) mass is 321 g/mol. The molecule has 0 aliphatic carbocycles. The van der Waals surface area contributed by atoms with Crippen molar-refractivity contribution in [3.05, 3.63) is 39.4 Å². The highest BCUT2D eigenvalue weighted by Gasteiger charge is 2.16. The number of nitrogens with one attached hydrogen (secondary N) is 1. The van der Waals surface area contributed by atoms with Gasteiger partial charge in [-0.15, -0.1) is 0 Å². The Balaban J connectivity index is 1.84. The molecule has 0 spiro atoms. The van der Waals surface area contributed by atoms with Crippen LogP contribution in [0.4, 0.5) is 0 Å². The van der Waals surface area contributed by atoms with Gasteiger partial charge in [-0.1, -0.05) is 5.16 Å². The zero-order valence-electron chi connectivity index (χ0n) is 13.5. The first-order valence-corrected chi connectivity index (χ1v) is 8.30. The normalized spacial score (nSPS) is 12.6. The third kappa shape index (κ3) is 4.18. The number of thiophene rings is 1. The van der Waals surface area contributed by atoms with E-state index in [4.69, 9.17) is 4.52 Å². The predicted molar refractivity (Wildman–Crippen MR) is 88.1 cm³/mol. The topological polar surface area (TPSA) is 58.4 Å². The Morgan fingerprint density at radius 3 is 2.77 bits per heavy atom. The molecule has 1 unspecified atom stereocenters. The zero-order valence-corrected chi connectivity index (χ0v) is 14.4. The van der Waals surface area contributed by atoms with Gasteiger partial charge in [-0.3, -0.25) is 4.79 Å². The van der Waals surface area contributed by atoms with Gasteiger partial charge >= 0.3 is 0 Å². The first-order chi connectivity index (χ1) is 10.5. The third-order valence-electron chi connectivity index (χ3n) is 3.83. The van der Waals surface area contributed by atoms with Crippen LogP contribution in [0.1, 0.15) is 35.0 Å². The van der Waals surface area contributed by atoms with Crippen LogP contribution in [-0.2, 0) is 11.2 Å². The maximum absolute atomic E-state index is 12.1. The van der Waals surface area contributed by atoms with Crippen LogP contribution in [0.5, 0.6) is 0 Å². The molecule has 120 valence electrons. The summed E-state index contributed by atoms with van der Waals surface area (Å²) in [6.07, 6.45) is 1.12. The zero-order chi connectivity index (χ0) is 16.1. The Bertz CT molecular complexity index is 585. The molecule has 6 heteroatoms. The van der Waals surface area contributed by atoms with E-state index in [1.165, 1.54) is 5.56 Å². The van der Waals surface area contributed by atoms with E-state index in [1.807, 2.05) is 27.9 Å². The molecule has 0 aromatic carbocycles. The molecule has 0 fully saturated rings. The SMILES string of the molecule is Cc1noc(C)c1CCC(=O)NCC(c1ccsc1)N(C)C. The van der Waals surface area contributed by atoms with Crippen LogP contribution in [0.15, 0.2) is 21.3 Å². The van der Waals surface area contributed by atoms with Crippen molar-refractivity contribution >= 4 is 17.2 Å². The van der Waals surface area contributed by atoms with E-state index in [9.17, 15) is 4.79 Å². The lowest BCUT2D eigenvalue weighted by Gasteiger charge is -2.24. The number of carbonyl (C=O) groups excluding carboxylic acids is 1. The van der Waals surface area contributed by atoms with Gasteiger partial charge in [-0.25, -0.2) is 0 Å². The second kappa shape index (κ2) is 7.56. The Hall–Kier alpha value is -1.66. The number of nitrogens with zero attached hydrogens (tertiary/aromatic N) is 2. The summed E-state index contributed by atoms with van der Waals surface area (Å²) in [7, 11) is 4.05. The minimum atomic E-state index is 0.0575. The number of aryl methyl sites for hydroxylation is 2. The first kappa shape index (κ1) is 16.7. The van der Waals surface area contributed by atoms with Crippen molar-refractivity contribution in [3.8, 4) is 0 Å². The summed E-state index contributed by atoms with van der Waals surface area (Å²) in [4.78, 5) is 14.2. The highest BCUT2D eigenvalue weighted by molar-refractivity contribution is 7.07. The van der Waals surface area contributed by atoms with E-state index < -0.39 is 0 Å². The number of likely N-dealkylation sites (N-methyl/N-ethyl adjacent to an activating group) is 1. The van der Waals surface area contributed by atoms with E-state index >= 15 is 0 Å². The fourth-order valence-corrected chi connectivity index (χ4v) is 3.17. The molecule has 0 saturated heterocycles. The predicted octanol–water partition coefficient (Wildman–Crippen LogP) is 2.70. The van der Waals surface area contributed by atoms with E-state index in [2.05, 4.69) is 32.2 Å². The lowest BCUT2D eigenvalue weighted by atomic mass is 10.1. The Labute approximate surface area is 135 Å². The van der Waals surface area contributed by atoms with Crippen LogP contribution in [0.3, 0.4) is 0 Å². The fourth-order valence-electron chi connectivity index (χ4n) is 2.46. The van der Waals surface area contributed by atoms with Crippen molar-refractivity contribution in [2.45, 2.75) is 32.7 Å². The Kier molecular flexibility index (Phi) is 5.74. The molecule has 1 atom stereocenters. The summed E-state index contributed by atoms with van der Waals surface area (Å²) in [5, 5.41) is 11.1. The van der Waals surface area contributed by atoms with Crippen molar-refractivity contribution in [2.75, 3.05) is 20.6 Å². The van der Waals surface area contributed by atoms with Gasteiger partial charge in [-0.2, -0.15) is 11.3 Å². The Morgan fingerprint density at radius 2 is 2.23 bits per heavy atom. The quantitative estimate of drug-likeness (QED) is 0.852. The van der Waals surface area contributed by atoms with Crippen LogP contribution in [0.2, 0.25) is 0 Å². The molecule has 0 bridgehead atoms. The van der Waals surface area contributed by atoms with Gasteiger partial charge in [0.2, 0.25) is 5.91 Å². The van der Waals surface area contributed by atoms with Crippen molar-refractivity contribution in [3.63, 3.8) is 0 Å².